The molecular formula is C30H26N4O2S2. The lowest BCUT2D eigenvalue weighted by molar-refractivity contribution is -0.122. The number of nitrogens with zero attached hydrogens (tertiary/aromatic N) is 4. The van der Waals surface area contributed by atoms with Crippen LogP contribution in [-0.4, -0.2) is 31.1 Å². The number of fused-ring (bicyclic) bond motifs is 2. The molecule has 1 fully saturated rings. The number of rotatable bonds is 4. The lowest BCUT2D eigenvalue weighted by Gasteiger charge is -2.31. The molecule has 2 aliphatic rings. The highest BCUT2D eigenvalue weighted by molar-refractivity contribution is 8.26. The Hall–Kier alpha value is -3.75. The molecule has 6 rings (SSSR count). The molecule has 1 amide bonds. The fourth-order valence-corrected chi connectivity index (χ4v) is 6.21. The molecule has 0 N–H and O–H groups in total. The zero-order valence-electron chi connectivity index (χ0n) is 21.2. The van der Waals surface area contributed by atoms with E-state index in [0.29, 0.717) is 32.8 Å². The molecule has 8 heteroatoms. The van der Waals surface area contributed by atoms with E-state index in [1.165, 1.54) is 17.3 Å². The Bertz CT molecular complexity index is 1690. The van der Waals surface area contributed by atoms with Gasteiger partial charge in [-0.3, -0.25) is 18.9 Å². The second-order valence-corrected chi connectivity index (χ2v) is 11.4. The summed E-state index contributed by atoms with van der Waals surface area (Å²) >= 11 is 6.82. The van der Waals surface area contributed by atoms with E-state index in [9.17, 15) is 9.59 Å². The first-order valence-electron chi connectivity index (χ1n) is 12.6. The number of amides is 1. The van der Waals surface area contributed by atoms with Crippen molar-refractivity contribution < 1.29 is 4.79 Å². The van der Waals surface area contributed by atoms with Gasteiger partial charge in [0.2, 0.25) is 0 Å². The zero-order valence-corrected chi connectivity index (χ0v) is 22.8. The predicted octanol–water partition coefficient (Wildman–Crippen LogP) is 5.80. The van der Waals surface area contributed by atoms with E-state index in [4.69, 9.17) is 17.2 Å². The Morgan fingerprint density at radius 1 is 1.00 bits per heavy atom. The fourth-order valence-electron chi connectivity index (χ4n) is 4.98. The van der Waals surface area contributed by atoms with Gasteiger partial charge in [0.25, 0.3) is 11.5 Å². The first-order chi connectivity index (χ1) is 18.4. The molecule has 38 heavy (non-hydrogen) atoms. The topological polar surface area (TPSA) is 57.9 Å². The van der Waals surface area contributed by atoms with Crippen molar-refractivity contribution in [1.82, 2.24) is 14.3 Å². The van der Waals surface area contributed by atoms with Gasteiger partial charge in [-0.15, -0.1) is 0 Å². The van der Waals surface area contributed by atoms with Gasteiger partial charge in [-0.2, -0.15) is 0 Å². The first kappa shape index (κ1) is 24.6. The normalized spacial score (nSPS) is 16.5. The number of hydrogen-bond acceptors (Lipinski definition) is 6. The van der Waals surface area contributed by atoms with Crippen LogP contribution >= 0.6 is 24.0 Å². The lowest BCUT2D eigenvalue weighted by Crippen LogP contribution is -2.30. The summed E-state index contributed by atoms with van der Waals surface area (Å²) < 4.78 is 2.05. The smallest absolute Gasteiger partial charge is 0.267 e. The standard InChI is InChI=1S/C30H26N4O2S2/c1-19-9-12-21(13-10-19)18-34-29(36)25(38-30(34)37)16-23-27(31-26-14-11-20(2)17-33(26)28(23)35)32-15-5-7-22-6-3-4-8-24(22)32/h3-4,6,8-14,16-17H,5,7,15,18H2,1-2H3/b25-16+. The third-order valence-corrected chi connectivity index (χ3v) is 8.34. The molecule has 0 atom stereocenters. The van der Waals surface area contributed by atoms with Crippen molar-refractivity contribution in [2.45, 2.75) is 33.2 Å². The van der Waals surface area contributed by atoms with Crippen LogP contribution < -0.4 is 10.5 Å². The minimum absolute atomic E-state index is 0.195. The van der Waals surface area contributed by atoms with Gasteiger partial charge in [-0.25, -0.2) is 4.98 Å². The number of para-hydroxylation sites is 1. The van der Waals surface area contributed by atoms with E-state index in [1.807, 2.05) is 62.4 Å². The maximum absolute atomic E-state index is 13.9. The molecule has 2 aromatic carbocycles. The van der Waals surface area contributed by atoms with Crippen molar-refractivity contribution in [3.8, 4) is 0 Å². The molecule has 4 aromatic rings. The summed E-state index contributed by atoms with van der Waals surface area (Å²) in [4.78, 5) is 36.5. The van der Waals surface area contributed by atoms with Crippen molar-refractivity contribution in [1.29, 1.82) is 0 Å². The van der Waals surface area contributed by atoms with Gasteiger partial charge in [-0.1, -0.05) is 78.1 Å². The molecule has 1 saturated heterocycles. The van der Waals surface area contributed by atoms with Crippen LogP contribution in [0.25, 0.3) is 11.7 Å². The third-order valence-electron chi connectivity index (χ3n) is 6.96. The molecule has 0 bridgehead atoms. The van der Waals surface area contributed by atoms with Gasteiger partial charge < -0.3 is 4.90 Å². The largest absolute Gasteiger partial charge is 0.325 e. The Morgan fingerprint density at radius 3 is 2.58 bits per heavy atom. The Balaban J connectivity index is 1.47. The number of hydrogen-bond donors (Lipinski definition) is 0. The Labute approximate surface area is 230 Å². The highest BCUT2D eigenvalue weighted by Crippen LogP contribution is 2.37. The van der Waals surface area contributed by atoms with Crippen LogP contribution in [0, 0.1) is 13.8 Å². The zero-order chi connectivity index (χ0) is 26.4. The number of aryl methyl sites for hydroxylation is 3. The van der Waals surface area contributed by atoms with Crippen molar-refractivity contribution in [2.24, 2.45) is 0 Å². The van der Waals surface area contributed by atoms with E-state index in [1.54, 1.807) is 21.6 Å². The number of pyridine rings is 1. The second-order valence-electron chi connectivity index (χ2n) is 9.73. The van der Waals surface area contributed by atoms with Crippen LogP contribution in [0.2, 0.25) is 0 Å². The number of carbonyl (C=O) groups is 1. The monoisotopic (exact) mass is 538 g/mol. The van der Waals surface area contributed by atoms with E-state index in [-0.39, 0.29) is 11.5 Å². The molecule has 0 spiro atoms. The van der Waals surface area contributed by atoms with Crippen molar-refractivity contribution in [3.63, 3.8) is 0 Å². The van der Waals surface area contributed by atoms with Gasteiger partial charge in [0.15, 0.2) is 0 Å². The predicted molar refractivity (Wildman–Crippen MR) is 158 cm³/mol. The summed E-state index contributed by atoms with van der Waals surface area (Å²) in [6, 6.07) is 20.1. The summed E-state index contributed by atoms with van der Waals surface area (Å²) in [5.41, 5.74) is 6.13. The van der Waals surface area contributed by atoms with Crippen molar-refractivity contribution in [3.05, 3.63) is 110 Å². The molecule has 6 nitrogen and oxygen atoms in total. The molecule has 0 saturated carbocycles. The molecule has 0 radical (unpaired) electrons. The molecule has 0 aliphatic carbocycles. The average molecular weight is 539 g/mol. The number of benzene rings is 2. The van der Waals surface area contributed by atoms with Gasteiger partial charge in [0.1, 0.15) is 15.8 Å². The maximum atomic E-state index is 13.9. The number of thiocarbonyl (C=S) groups is 1. The Morgan fingerprint density at radius 2 is 1.76 bits per heavy atom. The molecular weight excluding hydrogens is 512 g/mol. The number of thioether (sulfide) groups is 1. The quantitative estimate of drug-likeness (QED) is 0.242. The molecule has 190 valence electrons. The van der Waals surface area contributed by atoms with Crippen LogP contribution in [0.1, 0.15) is 34.2 Å². The van der Waals surface area contributed by atoms with E-state index < -0.39 is 0 Å². The van der Waals surface area contributed by atoms with Gasteiger partial charge in [0.05, 0.1) is 17.0 Å². The van der Waals surface area contributed by atoms with E-state index in [0.717, 1.165) is 41.8 Å². The maximum Gasteiger partial charge on any atom is 0.267 e. The first-order valence-corrected chi connectivity index (χ1v) is 13.8. The number of aromatic nitrogens is 2. The lowest BCUT2D eigenvalue weighted by atomic mass is 10.0. The van der Waals surface area contributed by atoms with E-state index in [2.05, 4.69) is 17.0 Å². The molecule has 2 aromatic heterocycles. The summed E-state index contributed by atoms with van der Waals surface area (Å²) in [6.07, 6.45) is 5.40. The highest BCUT2D eigenvalue weighted by Gasteiger charge is 2.33. The van der Waals surface area contributed by atoms with Gasteiger partial charge >= 0.3 is 0 Å². The molecule has 2 aliphatic heterocycles. The minimum atomic E-state index is -0.208. The molecule has 0 unspecified atom stereocenters. The van der Waals surface area contributed by atoms with Crippen LogP contribution in [0.4, 0.5) is 11.5 Å². The molecule has 4 heterocycles. The van der Waals surface area contributed by atoms with Crippen LogP contribution in [0.15, 0.2) is 76.6 Å². The summed E-state index contributed by atoms with van der Waals surface area (Å²) in [5.74, 6) is 0.370. The van der Waals surface area contributed by atoms with E-state index >= 15 is 0 Å². The van der Waals surface area contributed by atoms with Crippen LogP contribution in [-0.2, 0) is 17.8 Å². The summed E-state index contributed by atoms with van der Waals surface area (Å²) in [7, 11) is 0. The van der Waals surface area contributed by atoms with Gasteiger partial charge in [-0.05, 0) is 61.6 Å². The van der Waals surface area contributed by atoms with Crippen molar-refractivity contribution in [2.75, 3.05) is 11.4 Å². The number of carbonyl (C=O) groups excluding carboxylic acids is 1. The van der Waals surface area contributed by atoms with Crippen LogP contribution in [0.3, 0.4) is 0 Å². The van der Waals surface area contributed by atoms with Crippen molar-refractivity contribution >= 4 is 57.4 Å². The van der Waals surface area contributed by atoms with Gasteiger partial charge in [0, 0.05) is 18.4 Å². The van der Waals surface area contributed by atoms with Crippen LogP contribution in [0.5, 0.6) is 0 Å². The minimum Gasteiger partial charge on any atom is -0.325 e. The highest BCUT2D eigenvalue weighted by atomic mass is 32.2. The fraction of sp³-hybridized carbons (Fsp3) is 0.200. The SMILES string of the molecule is Cc1ccc(CN2C(=O)/C(=C\c3c(N4CCCc5ccccc54)nc4ccc(C)cn4c3=O)SC2=S)cc1. The Kier molecular flexibility index (Phi) is 6.37. The summed E-state index contributed by atoms with van der Waals surface area (Å²) in [6.45, 7) is 5.10. The second kappa shape index (κ2) is 9.85. The third kappa shape index (κ3) is 4.44. The number of anilines is 2. The summed E-state index contributed by atoms with van der Waals surface area (Å²) in [5, 5.41) is 0. The average Bonchev–Trinajstić information content (AvgIpc) is 3.18.